The van der Waals surface area contributed by atoms with Crippen molar-refractivity contribution in [1.82, 2.24) is 9.97 Å². The van der Waals surface area contributed by atoms with Gasteiger partial charge in [-0.05, 0) is 66.6 Å². The summed E-state index contributed by atoms with van der Waals surface area (Å²) in [5.74, 6) is 0.275. The minimum absolute atomic E-state index is 0.0189. The molecule has 0 bridgehead atoms. The van der Waals surface area contributed by atoms with Crippen molar-refractivity contribution < 1.29 is 4.79 Å². The van der Waals surface area contributed by atoms with Crippen LogP contribution in [0.4, 0.5) is 5.13 Å². The van der Waals surface area contributed by atoms with Crippen LogP contribution in [0.25, 0.3) is 10.2 Å². The molecule has 0 fully saturated rings. The molecule has 4 nitrogen and oxygen atoms in total. The van der Waals surface area contributed by atoms with Crippen molar-refractivity contribution >= 4 is 67.6 Å². The fourth-order valence-electron chi connectivity index (χ4n) is 2.95. The van der Waals surface area contributed by atoms with Gasteiger partial charge in [0.1, 0.15) is 0 Å². The molecule has 8 heteroatoms. The van der Waals surface area contributed by atoms with Gasteiger partial charge < -0.3 is 0 Å². The van der Waals surface area contributed by atoms with Crippen molar-refractivity contribution in [3.05, 3.63) is 82.1 Å². The van der Waals surface area contributed by atoms with Crippen LogP contribution in [0.5, 0.6) is 0 Å². The number of rotatable bonds is 6. The first-order chi connectivity index (χ1) is 14.5. The number of fused-ring (bicyclic) bond motifs is 1. The van der Waals surface area contributed by atoms with E-state index in [9.17, 15) is 4.79 Å². The first-order valence-corrected chi connectivity index (χ1v) is 11.7. The monoisotopic (exact) mass is 473 g/mol. The lowest BCUT2D eigenvalue weighted by Gasteiger charge is -2.20. The van der Waals surface area contributed by atoms with Gasteiger partial charge in [0.15, 0.2) is 5.13 Å². The smallest absolute Gasteiger partial charge is 0.239 e. The van der Waals surface area contributed by atoms with Crippen LogP contribution in [0.1, 0.15) is 11.1 Å². The maximum absolute atomic E-state index is 13.2. The zero-order chi connectivity index (χ0) is 21.1. The fraction of sp³-hybridized carbons (Fsp3) is 0.136. The Kier molecular flexibility index (Phi) is 6.58. The number of aryl methyl sites for hydroxylation is 1. The second kappa shape index (κ2) is 9.35. The molecule has 0 spiro atoms. The largest absolute Gasteiger partial charge is 0.283 e. The third-order valence-electron chi connectivity index (χ3n) is 4.44. The minimum atomic E-state index is -0.0189. The zero-order valence-corrected chi connectivity index (χ0v) is 19.2. The summed E-state index contributed by atoms with van der Waals surface area (Å²) in [5.41, 5.74) is 2.85. The molecule has 1 amide bonds. The molecule has 0 aliphatic heterocycles. The van der Waals surface area contributed by atoms with Crippen molar-refractivity contribution in [1.29, 1.82) is 0 Å². The highest BCUT2D eigenvalue weighted by atomic mass is 35.5. The van der Waals surface area contributed by atoms with Crippen molar-refractivity contribution in [2.24, 2.45) is 0 Å². The predicted molar refractivity (Wildman–Crippen MR) is 127 cm³/mol. The van der Waals surface area contributed by atoms with Crippen LogP contribution >= 0.6 is 46.3 Å². The van der Waals surface area contributed by atoms with E-state index >= 15 is 0 Å². The normalized spacial score (nSPS) is 11.0. The molecular weight excluding hydrogens is 457 g/mol. The fourth-order valence-corrected chi connectivity index (χ4v) is 5.28. The van der Waals surface area contributed by atoms with Crippen LogP contribution in [-0.2, 0) is 11.3 Å². The van der Waals surface area contributed by atoms with E-state index in [2.05, 4.69) is 4.98 Å². The van der Waals surface area contributed by atoms with Gasteiger partial charge in [0.2, 0.25) is 5.91 Å². The Labute approximate surface area is 192 Å². The Morgan fingerprint density at radius 3 is 2.53 bits per heavy atom. The van der Waals surface area contributed by atoms with Crippen molar-refractivity contribution in [2.45, 2.75) is 18.4 Å². The number of hydrogen-bond acceptors (Lipinski definition) is 5. The van der Waals surface area contributed by atoms with Gasteiger partial charge in [-0.25, -0.2) is 4.98 Å². The average Bonchev–Trinajstić information content (AvgIpc) is 3.16. The number of benzene rings is 2. The number of anilines is 1. The Hall–Kier alpha value is -2.12. The molecule has 0 N–H and O–H groups in total. The van der Waals surface area contributed by atoms with E-state index in [1.165, 1.54) is 23.1 Å². The predicted octanol–water partition coefficient (Wildman–Crippen LogP) is 6.63. The third kappa shape index (κ3) is 4.95. The summed E-state index contributed by atoms with van der Waals surface area (Å²) in [6.07, 6.45) is 3.45. The lowest BCUT2D eigenvalue weighted by Crippen LogP contribution is -2.31. The van der Waals surface area contributed by atoms with Crippen LogP contribution in [0.2, 0.25) is 10.0 Å². The molecule has 4 rings (SSSR count). The number of aromatic nitrogens is 2. The summed E-state index contributed by atoms with van der Waals surface area (Å²) in [6.45, 7) is 2.40. The van der Waals surface area contributed by atoms with E-state index < -0.39 is 0 Å². The second-order valence-electron chi connectivity index (χ2n) is 6.64. The highest BCUT2D eigenvalue weighted by Crippen LogP contribution is 2.34. The molecule has 0 saturated heterocycles. The molecule has 0 saturated carbocycles. The number of amides is 1. The van der Waals surface area contributed by atoms with Gasteiger partial charge in [-0.2, -0.15) is 0 Å². The molecule has 2 heterocycles. The number of thiazole rings is 1. The van der Waals surface area contributed by atoms with Gasteiger partial charge in [0, 0.05) is 27.3 Å². The first-order valence-electron chi connectivity index (χ1n) is 9.14. The maximum atomic E-state index is 13.2. The Morgan fingerprint density at radius 2 is 1.80 bits per heavy atom. The molecular formula is C22H17Cl2N3OS2. The quantitative estimate of drug-likeness (QED) is 0.294. The van der Waals surface area contributed by atoms with Gasteiger partial charge in [0.25, 0.3) is 0 Å². The van der Waals surface area contributed by atoms with Gasteiger partial charge in [-0.15, -0.1) is 11.8 Å². The van der Waals surface area contributed by atoms with E-state index in [1.54, 1.807) is 17.3 Å². The van der Waals surface area contributed by atoms with Crippen molar-refractivity contribution in [3.63, 3.8) is 0 Å². The Balaban J connectivity index is 1.63. The van der Waals surface area contributed by atoms with Gasteiger partial charge in [-0.1, -0.05) is 34.5 Å². The first kappa shape index (κ1) is 21.1. The lowest BCUT2D eigenvalue weighted by molar-refractivity contribution is -0.116. The van der Waals surface area contributed by atoms with Gasteiger partial charge in [-0.3, -0.25) is 14.7 Å². The number of halogens is 2. The summed E-state index contributed by atoms with van der Waals surface area (Å²) >= 11 is 15.1. The molecule has 0 atom stereocenters. The lowest BCUT2D eigenvalue weighted by atomic mass is 10.2. The minimum Gasteiger partial charge on any atom is -0.283 e. The number of nitrogens with zero attached hydrogens (tertiary/aromatic N) is 3. The van der Waals surface area contributed by atoms with Crippen LogP contribution in [0.3, 0.4) is 0 Å². The van der Waals surface area contributed by atoms with E-state index in [0.717, 1.165) is 26.2 Å². The molecule has 4 aromatic rings. The third-order valence-corrected chi connectivity index (χ3v) is 6.93. The van der Waals surface area contributed by atoms with E-state index in [4.69, 9.17) is 28.2 Å². The highest BCUT2D eigenvalue weighted by molar-refractivity contribution is 8.00. The molecule has 0 radical (unpaired) electrons. The van der Waals surface area contributed by atoms with E-state index in [1.807, 2.05) is 55.5 Å². The summed E-state index contributed by atoms with van der Waals surface area (Å²) in [6, 6.07) is 15.1. The number of thioether (sulfide) groups is 1. The number of pyridine rings is 1. The standard InChI is InChI=1S/C22H17Cl2N3OS2/c1-14-10-17(24)11-19-21(14)26-22(30-19)27(12-15-6-8-25-9-7-15)20(28)13-29-18-4-2-16(23)3-5-18/h2-11H,12-13H2,1H3. The van der Waals surface area contributed by atoms with Crippen LogP contribution in [0.15, 0.2) is 65.8 Å². The van der Waals surface area contributed by atoms with Crippen molar-refractivity contribution in [2.75, 3.05) is 10.7 Å². The summed E-state index contributed by atoms with van der Waals surface area (Å²) in [5, 5.41) is 2.00. The average molecular weight is 474 g/mol. The van der Waals surface area contributed by atoms with E-state index in [-0.39, 0.29) is 5.91 Å². The molecule has 152 valence electrons. The maximum Gasteiger partial charge on any atom is 0.239 e. The molecule has 0 unspecified atom stereocenters. The summed E-state index contributed by atoms with van der Waals surface area (Å²) in [4.78, 5) is 24.8. The van der Waals surface area contributed by atoms with Crippen molar-refractivity contribution in [3.8, 4) is 0 Å². The topological polar surface area (TPSA) is 46.1 Å². The number of hydrogen-bond donors (Lipinski definition) is 0. The van der Waals surface area contributed by atoms with E-state index in [0.29, 0.717) is 27.5 Å². The number of carbonyl (C=O) groups is 1. The molecule has 0 aliphatic rings. The molecule has 30 heavy (non-hydrogen) atoms. The summed E-state index contributed by atoms with van der Waals surface area (Å²) < 4.78 is 0.966. The van der Waals surface area contributed by atoms with Crippen LogP contribution in [-0.4, -0.2) is 21.6 Å². The second-order valence-corrected chi connectivity index (χ2v) is 9.57. The van der Waals surface area contributed by atoms with Crippen LogP contribution < -0.4 is 4.90 Å². The molecule has 2 aromatic carbocycles. The van der Waals surface area contributed by atoms with Gasteiger partial charge >= 0.3 is 0 Å². The Bertz CT molecular complexity index is 1180. The van der Waals surface area contributed by atoms with Crippen LogP contribution in [0, 0.1) is 6.92 Å². The molecule has 2 aromatic heterocycles. The highest BCUT2D eigenvalue weighted by Gasteiger charge is 2.21. The number of carbonyl (C=O) groups excluding carboxylic acids is 1. The zero-order valence-electron chi connectivity index (χ0n) is 16.0. The summed E-state index contributed by atoms with van der Waals surface area (Å²) in [7, 11) is 0. The van der Waals surface area contributed by atoms with Gasteiger partial charge in [0.05, 0.1) is 22.5 Å². The Morgan fingerprint density at radius 1 is 1.07 bits per heavy atom. The SMILES string of the molecule is Cc1cc(Cl)cc2sc(N(Cc3ccncc3)C(=O)CSc3ccc(Cl)cc3)nc12. The molecule has 0 aliphatic carbocycles.